The molecule has 128 valence electrons. The molecule has 0 spiro atoms. The fraction of sp³-hybridized carbons (Fsp3) is 0.200. The van der Waals surface area contributed by atoms with Crippen molar-refractivity contribution in [1.82, 2.24) is 4.57 Å². The van der Waals surface area contributed by atoms with E-state index in [1.54, 1.807) is 24.3 Å². The molecule has 0 fully saturated rings. The van der Waals surface area contributed by atoms with Crippen molar-refractivity contribution >= 4 is 28.5 Å². The summed E-state index contributed by atoms with van der Waals surface area (Å²) >= 11 is 0. The average Bonchev–Trinajstić information content (AvgIpc) is 3.03. The zero-order valence-corrected chi connectivity index (χ0v) is 14.3. The van der Waals surface area contributed by atoms with E-state index in [4.69, 9.17) is 0 Å². The van der Waals surface area contributed by atoms with Crippen LogP contribution in [-0.4, -0.2) is 23.6 Å². The van der Waals surface area contributed by atoms with Crippen LogP contribution in [0.25, 0.3) is 10.9 Å². The fourth-order valence-corrected chi connectivity index (χ4v) is 2.77. The molecule has 0 aliphatic rings. The highest BCUT2D eigenvalue weighted by Gasteiger charge is 2.09. The van der Waals surface area contributed by atoms with Crippen molar-refractivity contribution in [1.29, 1.82) is 0 Å². The van der Waals surface area contributed by atoms with Gasteiger partial charge in [-0.3, -0.25) is 4.79 Å². The molecule has 0 aliphatic heterocycles. The lowest BCUT2D eigenvalue weighted by molar-refractivity contribution is -0.116. The van der Waals surface area contributed by atoms with Gasteiger partial charge in [-0.1, -0.05) is 13.0 Å². The Kier molecular flexibility index (Phi) is 4.84. The van der Waals surface area contributed by atoms with Gasteiger partial charge in [0, 0.05) is 17.4 Å². The van der Waals surface area contributed by atoms with Gasteiger partial charge in [-0.15, -0.1) is 0 Å². The lowest BCUT2D eigenvalue weighted by Gasteiger charge is -2.08. The number of esters is 1. The van der Waals surface area contributed by atoms with Crippen LogP contribution in [0, 0.1) is 0 Å². The molecule has 1 amide bonds. The second-order valence-corrected chi connectivity index (χ2v) is 5.81. The molecule has 1 aromatic heterocycles. The van der Waals surface area contributed by atoms with Crippen LogP contribution in [0.4, 0.5) is 5.69 Å². The first-order chi connectivity index (χ1) is 12.1. The van der Waals surface area contributed by atoms with Crippen LogP contribution in [0.1, 0.15) is 22.8 Å². The van der Waals surface area contributed by atoms with Crippen LogP contribution < -0.4 is 5.32 Å². The number of carbonyl (C=O) groups is 2. The number of hydrogen-bond acceptors (Lipinski definition) is 3. The number of nitrogens with zero attached hydrogens (tertiary/aromatic N) is 1. The molecule has 5 nitrogen and oxygen atoms in total. The molecule has 2 aromatic carbocycles. The maximum atomic E-state index is 12.3. The zero-order chi connectivity index (χ0) is 17.8. The minimum atomic E-state index is -0.400. The van der Waals surface area contributed by atoms with E-state index in [0.29, 0.717) is 11.3 Å². The number of aromatic nitrogens is 1. The first-order valence-corrected chi connectivity index (χ1v) is 8.16. The Morgan fingerprint density at radius 1 is 1.08 bits per heavy atom. The summed E-state index contributed by atoms with van der Waals surface area (Å²) in [5.74, 6) is -0.522. The van der Waals surface area contributed by atoms with E-state index < -0.39 is 5.97 Å². The molecule has 0 aliphatic carbocycles. The lowest BCUT2D eigenvalue weighted by atomic mass is 10.1. The third kappa shape index (κ3) is 3.71. The summed E-state index contributed by atoms with van der Waals surface area (Å²) in [7, 11) is 1.34. The van der Waals surface area contributed by atoms with Crippen molar-refractivity contribution in [2.24, 2.45) is 0 Å². The summed E-state index contributed by atoms with van der Waals surface area (Å²) in [5.41, 5.74) is 3.40. The van der Waals surface area contributed by atoms with Gasteiger partial charge in [0.15, 0.2) is 0 Å². The molecular weight excluding hydrogens is 316 g/mol. The van der Waals surface area contributed by atoms with Gasteiger partial charge in [0.05, 0.1) is 12.7 Å². The smallest absolute Gasteiger partial charge is 0.337 e. The normalized spacial score (nSPS) is 10.6. The van der Waals surface area contributed by atoms with Gasteiger partial charge < -0.3 is 14.6 Å². The molecule has 1 N–H and O–H groups in total. The number of carbonyl (C=O) groups excluding carboxylic acids is 2. The Balaban J connectivity index is 1.69. The number of anilines is 1. The summed E-state index contributed by atoms with van der Waals surface area (Å²) in [6, 6.07) is 14.9. The van der Waals surface area contributed by atoms with Crippen LogP contribution in [0.15, 0.2) is 54.7 Å². The van der Waals surface area contributed by atoms with Crippen LogP contribution >= 0.6 is 0 Å². The summed E-state index contributed by atoms with van der Waals surface area (Å²) in [4.78, 5) is 23.7. The van der Waals surface area contributed by atoms with Crippen molar-refractivity contribution in [3.63, 3.8) is 0 Å². The monoisotopic (exact) mass is 336 g/mol. The standard InChI is InChI=1S/C20H20N2O3/c1-3-14-4-9-18-16(12-14)10-11-22(18)13-19(23)21-17-7-5-15(6-8-17)20(24)25-2/h4-12H,3,13H2,1-2H3,(H,21,23). The molecule has 0 unspecified atom stereocenters. The number of hydrogen-bond donors (Lipinski definition) is 1. The predicted molar refractivity (Wildman–Crippen MR) is 97.7 cm³/mol. The molecule has 0 atom stereocenters. The molecule has 5 heteroatoms. The van der Waals surface area contributed by atoms with Crippen molar-refractivity contribution < 1.29 is 14.3 Å². The molecule has 3 rings (SSSR count). The third-order valence-electron chi connectivity index (χ3n) is 4.15. The van der Waals surface area contributed by atoms with Gasteiger partial charge in [-0.25, -0.2) is 4.79 Å². The first kappa shape index (κ1) is 16.8. The van der Waals surface area contributed by atoms with Gasteiger partial charge in [0.1, 0.15) is 6.54 Å². The SMILES string of the molecule is CCc1ccc2c(ccn2CC(=O)Nc2ccc(C(=O)OC)cc2)c1. The zero-order valence-electron chi connectivity index (χ0n) is 14.3. The van der Waals surface area contributed by atoms with Crippen LogP contribution in [0.5, 0.6) is 0 Å². The quantitative estimate of drug-likeness (QED) is 0.724. The highest BCUT2D eigenvalue weighted by atomic mass is 16.5. The minimum absolute atomic E-state index is 0.122. The fourth-order valence-electron chi connectivity index (χ4n) is 2.77. The van der Waals surface area contributed by atoms with E-state index in [0.717, 1.165) is 17.3 Å². The van der Waals surface area contributed by atoms with Crippen molar-refractivity contribution in [3.05, 3.63) is 65.9 Å². The number of nitrogens with one attached hydrogen (secondary N) is 1. The van der Waals surface area contributed by atoms with Gasteiger partial charge >= 0.3 is 5.97 Å². The van der Waals surface area contributed by atoms with Crippen molar-refractivity contribution in [2.75, 3.05) is 12.4 Å². The molecule has 25 heavy (non-hydrogen) atoms. The van der Waals surface area contributed by atoms with Crippen LogP contribution in [-0.2, 0) is 22.5 Å². The summed E-state index contributed by atoms with van der Waals surface area (Å²) < 4.78 is 6.58. The maximum Gasteiger partial charge on any atom is 0.337 e. The van der Waals surface area contributed by atoms with E-state index in [9.17, 15) is 9.59 Å². The number of rotatable bonds is 5. The number of benzene rings is 2. The van der Waals surface area contributed by atoms with Crippen LogP contribution in [0.2, 0.25) is 0 Å². The Morgan fingerprint density at radius 3 is 2.52 bits per heavy atom. The van der Waals surface area contributed by atoms with Gasteiger partial charge in [0.2, 0.25) is 5.91 Å². The number of aryl methyl sites for hydroxylation is 1. The highest BCUT2D eigenvalue weighted by molar-refractivity contribution is 5.93. The predicted octanol–water partition coefficient (Wildman–Crippen LogP) is 3.63. The number of amides is 1. The van der Waals surface area contributed by atoms with E-state index in [1.165, 1.54) is 12.7 Å². The van der Waals surface area contributed by atoms with E-state index in [-0.39, 0.29) is 12.5 Å². The maximum absolute atomic E-state index is 12.3. The van der Waals surface area contributed by atoms with Gasteiger partial charge in [-0.2, -0.15) is 0 Å². The molecule has 0 saturated carbocycles. The Hall–Kier alpha value is -3.08. The molecular formula is C20H20N2O3. The van der Waals surface area contributed by atoms with Gasteiger partial charge in [0.25, 0.3) is 0 Å². The number of methoxy groups -OCH3 is 1. The Morgan fingerprint density at radius 2 is 1.84 bits per heavy atom. The first-order valence-electron chi connectivity index (χ1n) is 8.16. The number of fused-ring (bicyclic) bond motifs is 1. The molecule has 0 saturated heterocycles. The van der Waals surface area contributed by atoms with Crippen LogP contribution in [0.3, 0.4) is 0 Å². The van der Waals surface area contributed by atoms with E-state index >= 15 is 0 Å². The average molecular weight is 336 g/mol. The second kappa shape index (κ2) is 7.21. The largest absolute Gasteiger partial charge is 0.465 e. The molecule has 0 radical (unpaired) electrons. The minimum Gasteiger partial charge on any atom is -0.465 e. The van der Waals surface area contributed by atoms with E-state index in [2.05, 4.69) is 29.1 Å². The van der Waals surface area contributed by atoms with Crippen molar-refractivity contribution in [3.8, 4) is 0 Å². The molecule has 3 aromatic rings. The van der Waals surface area contributed by atoms with Gasteiger partial charge in [-0.05, 0) is 59.8 Å². The summed E-state index contributed by atoms with van der Waals surface area (Å²) in [5, 5.41) is 3.97. The molecule has 1 heterocycles. The summed E-state index contributed by atoms with van der Waals surface area (Å²) in [6.07, 6.45) is 2.91. The molecule has 0 bridgehead atoms. The number of ether oxygens (including phenoxy) is 1. The third-order valence-corrected chi connectivity index (χ3v) is 4.15. The lowest BCUT2D eigenvalue weighted by Crippen LogP contribution is -2.18. The van der Waals surface area contributed by atoms with E-state index in [1.807, 2.05) is 22.9 Å². The Labute approximate surface area is 146 Å². The highest BCUT2D eigenvalue weighted by Crippen LogP contribution is 2.18. The second-order valence-electron chi connectivity index (χ2n) is 5.81. The Bertz CT molecular complexity index is 910. The topological polar surface area (TPSA) is 60.3 Å². The van der Waals surface area contributed by atoms with Crippen molar-refractivity contribution in [2.45, 2.75) is 19.9 Å². The summed E-state index contributed by atoms with van der Waals surface area (Å²) in [6.45, 7) is 2.35.